The average molecular weight is 314 g/mol. The van der Waals surface area contributed by atoms with Crippen molar-refractivity contribution in [1.29, 1.82) is 0 Å². The summed E-state index contributed by atoms with van der Waals surface area (Å²) in [6, 6.07) is 0. The van der Waals surface area contributed by atoms with E-state index in [2.05, 4.69) is 10.3 Å². The Morgan fingerprint density at radius 3 is 3.00 bits per heavy atom. The van der Waals surface area contributed by atoms with Gasteiger partial charge in [0.05, 0.1) is 6.61 Å². The highest BCUT2D eigenvalue weighted by Gasteiger charge is 2.35. The maximum Gasteiger partial charge on any atom is 0.265 e. The SMILES string of the molecule is CCN(C)c1nc(N)c(C(=O)NCC2(OC)CCOC2)s1. The molecule has 1 saturated heterocycles. The van der Waals surface area contributed by atoms with Gasteiger partial charge < -0.3 is 25.4 Å². The number of hydrogen-bond donors (Lipinski definition) is 2. The van der Waals surface area contributed by atoms with E-state index >= 15 is 0 Å². The van der Waals surface area contributed by atoms with Crippen molar-refractivity contribution in [3.63, 3.8) is 0 Å². The van der Waals surface area contributed by atoms with Crippen LogP contribution in [0.25, 0.3) is 0 Å². The largest absolute Gasteiger partial charge is 0.382 e. The van der Waals surface area contributed by atoms with Crippen molar-refractivity contribution >= 4 is 28.2 Å². The molecule has 0 bridgehead atoms. The number of methoxy groups -OCH3 is 1. The number of nitrogens with zero attached hydrogens (tertiary/aromatic N) is 2. The molecule has 1 aromatic heterocycles. The number of nitrogens with one attached hydrogen (secondary N) is 1. The Hall–Kier alpha value is -1.38. The first kappa shape index (κ1) is 16.0. The third-order valence-corrected chi connectivity index (χ3v) is 4.90. The fraction of sp³-hybridized carbons (Fsp3) is 0.692. The van der Waals surface area contributed by atoms with Crippen LogP contribution in [-0.4, -0.2) is 57.0 Å². The van der Waals surface area contributed by atoms with Gasteiger partial charge in [-0.1, -0.05) is 11.3 Å². The van der Waals surface area contributed by atoms with E-state index in [1.807, 2.05) is 18.9 Å². The molecule has 118 valence electrons. The molecule has 1 unspecified atom stereocenters. The predicted molar refractivity (Wildman–Crippen MR) is 83.0 cm³/mol. The van der Waals surface area contributed by atoms with Crippen molar-refractivity contribution in [2.75, 3.05) is 51.1 Å². The number of aromatic nitrogens is 1. The standard InChI is InChI=1S/C13H22N4O3S/c1-4-17(2)12-16-10(14)9(21-12)11(18)15-7-13(19-3)5-6-20-8-13/h4-8,14H2,1-3H3,(H,15,18). The fourth-order valence-corrected chi connectivity index (χ4v) is 2.99. The highest BCUT2D eigenvalue weighted by atomic mass is 32.1. The van der Waals surface area contributed by atoms with Gasteiger partial charge >= 0.3 is 0 Å². The van der Waals surface area contributed by atoms with Gasteiger partial charge in [-0.25, -0.2) is 4.98 Å². The van der Waals surface area contributed by atoms with Gasteiger partial charge in [0, 0.05) is 40.3 Å². The second-order valence-electron chi connectivity index (χ2n) is 5.10. The number of ether oxygens (including phenoxy) is 2. The summed E-state index contributed by atoms with van der Waals surface area (Å²) in [5.74, 6) is 0.0472. The number of nitrogens with two attached hydrogens (primary N) is 1. The number of hydrogen-bond acceptors (Lipinski definition) is 7. The summed E-state index contributed by atoms with van der Waals surface area (Å²) in [4.78, 5) is 18.9. The first-order valence-electron chi connectivity index (χ1n) is 6.90. The van der Waals surface area contributed by atoms with Crippen LogP contribution in [0.5, 0.6) is 0 Å². The van der Waals surface area contributed by atoms with E-state index in [-0.39, 0.29) is 11.7 Å². The van der Waals surface area contributed by atoms with E-state index in [4.69, 9.17) is 15.2 Å². The summed E-state index contributed by atoms with van der Waals surface area (Å²) >= 11 is 1.29. The van der Waals surface area contributed by atoms with E-state index in [9.17, 15) is 4.79 Å². The first-order chi connectivity index (χ1) is 10.0. The summed E-state index contributed by atoms with van der Waals surface area (Å²) in [5.41, 5.74) is 5.41. The Labute approximate surface area is 128 Å². The lowest BCUT2D eigenvalue weighted by molar-refractivity contribution is -0.0148. The van der Waals surface area contributed by atoms with Crippen molar-refractivity contribution in [2.45, 2.75) is 18.9 Å². The first-order valence-corrected chi connectivity index (χ1v) is 7.71. The summed E-state index contributed by atoms with van der Waals surface area (Å²) in [7, 11) is 3.55. The molecule has 1 aromatic rings. The maximum atomic E-state index is 12.3. The van der Waals surface area contributed by atoms with E-state index in [1.165, 1.54) is 11.3 Å². The zero-order chi connectivity index (χ0) is 15.5. The highest BCUT2D eigenvalue weighted by Crippen LogP contribution is 2.27. The molecule has 0 saturated carbocycles. The van der Waals surface area contributed by atoms with Gasteiger partial charge in [0.2, 0.25) is 0 Å². The molecule has 1 amide bonds. The second-order valence-corrected chi connectivity index (χ2v) is 6.07. The van der Waals surface area contributed by atoms with Crippen LogP contribution in [0.15, 0.2) is 0 Å². The summed E-state index contributed by atoms with van der Waals surface area (Å²) in [6.07, 6.45) is 0.770. The number of nitrogen functional groups attached to an aromatic ring is 1. The molecule has 1 aliphatic heterocycles. The van der Waals surface area contributed by atoms with Gasteiger partial charge in [0.1, 0.15) is 16.3 Å². The van der Waals surface area contributed by atoms with Crippen LogP contribution in [0.4, 0.5) is 10.9 Å². The molecule has 21 heavy (non-hydrogen) atoms. The molecule has 7 nitrogen and oxygen atoms in total. The smallest absolute Gasteiger partial charge is 0.265 e. The molecular weight excluding hydrogens is 292 g/mol. The number of amides is 1. The van der Waals surface area contributed by atoms with Gasteiger partial charge in [0.15, 0.2) is 5.13 Å². The molecule has 0 radical (unpaired) electrons. The summed E-state index contributed by atoms with van der Waals surface area (Å²) < 4.78 is 10.8. The van der Waals surface area contributed by atoms with E-state index in [0.717, 1.165) is 18.1 Å². The Morgan fingerprint density at radius 2 is 2.43 bits per heavy atom. The minimum atomic E-state index is -0.432. The van der Waals surface area contributed by atoms with Crippen LogP contribution in [-0.2, 0) is 9.47 Å². The van der Waals surface area contributed by atoms with Gasteiger partial charge in [0.25, 0.3) is 5.91 Å². The van der Waals surface area contributed by atoms with Gasteiger partial charge in [-0.2, -0.15) is 0 Å². The molecule has 8 heteroatoms. The van der Waals surface area contributed by atoms with Crippen LogP contribution in [0, 0.1) is 0 Å². The zero-order valence-electron chi connectivity index (χ0n) is 12.6. The number of rotatable bonds is 6. The Morgan fingerprint density at radius 1 is 1.67 bits per heavy atom. The molecule has 2 heterocycles. The van der Waals surface area contributed by atoms with E-state index in [0.29, 0.717) is 24.6 Å². The summed E-state index contributed by atoms with van der Waals surface area (Å²) in [5, 5.41) is 3.61. The number of carbonyl (C=O) groups is 1. The minimum Gasteiger partial charge on any atom is -0.382 e. The molecule has 0 aliphatic carbocycles. The molecule has 1 aliphatic rings. The van der Waals surface area contributed by atoms with Crippen molar-refractivity contribution in [2.24, 2.45) is 0 Å². The zero-order valence-corrected chi connectivity index (χ0v) is 13.5. The lowest BCUT2D eigenvalue weighted by atomic mass is 10.0. The number of anilines is 2. The predicted octanol–water partition coefficient (Wildman–Crippen LogP) is 0.717. The lowest BCUT2D eigenvalue weighted by Crippen LogP contribution is -2.44. The monoisotopic (exact) mass is 314 g/mol. The quantitative estimate of drug-likeness (QED) is 0.804. The topological polar surface area (TPSA) is 89.7 Å². The maximum absolute atomic E-state index is 12.3. The highest BCUT2D eigenvalue weighted by molar-refractivity contribution is 7.18. The van der Waals surface area contributed by atoms with Crippen LogP contribution in [0.3, 0.4) is 0 Å². The second kappa shape index (κ2) is 6.59. The van der Waals surface area contributed by atoms with Crippen molar-refractivity contribution < 1.29 is 14.3 Å². The van der Waals surface area contributed by atoms with Crippen LogP contribution in [0.2, 0.25) is 0 Å². The molecule has 0 aromatic carbocycles. The number of thiazole rings is 1. The molecule has 1 fully saturated rings. The molecule has 2 rings (SSSR count). The molecule has 3 N–H and O–H groups in total. The molecule has 1 atom stereocenters. The minimum absolute atomic E-state index is 0.218. The van der Waals surface area contributed by atoms with E-state index in [1.54, 1.807) is 7.11 Å². The van der Waals surface area contributed by atoms with Crippen LogP contribution < -0.4 is 16.0 Å². The van der Waals surface area contributed by atoms with Crippen molar-refractivity contribution in [3.8, 4) is 0 Å². The normalized spacial score (nSPS) is 21.5. The lowest BCUT2D eigenvalue weighted by Gasteiger charge is -2.25. The van der Waals surface area contributed by atoms with Gasteiger partial charge in [-0.05, 0) is 6.92 Å². The Bertz CT molecular complexity index is 500. The van der Waals surface area contributed by atoms with Crippen LogP contribution >= 0.6 is 11.3 Å². The third kappa shape index (κ3) is 3.45. The van der Waals surface area contributed by atoms with Crippen molar-refractivity contribution in [3.05, 3.63) is 4.88 Å². The third-order valence-electron chi connectivity index (χ3n) is 3.72. The summed E-state index contributed by atoms with van der Waals surface area (Å²) in [6.45, 7) is 4.36. The van der Waals surface area contributed by atoms with Crippen LogP contribution in [0.1, 0.15) is 23.0 Å². The van der Waals surface area contributed by atoms with Crippen molar-refractivity contribution in [1.82, 2.24) is 10.3 Å². The fourth-order valence-electron chi connectivity index (χ4n) is 2.06. The Kier molecular flexibility index (Phi) is 5.02. The van der Waals surface area contributed by atoms with Gasteiger partial charge in [-0.3, -0.25) is 4.79 Å². The molecule has 0 spiro atoms. The number of carbonyl (C=O) groups excluding carboxylic acids is 1. The van der Waals surface area contributed by atoms with E-state index < -0.39 is 5.60 Å². The Balaban J connectivity index is 2.02. The van der Waals surface area contributed by atoms with Gasteiger partial charge in [-0.15, -0.1) is 0 Å². The molecular formula is C13H22N4O3S. The average Bonchev–Trinajstić information content (AvgIpc) is 3.11.